The Kier molecular flexibility index (Phi) is 5.20. The molecule has 0 bridgehead atoms. The summed E-state index contributed by atoms with van der Waals surface area (Å²) in [6, 6.07) is 4.14. The number of aromatic nitrogens is 2. The van der Waals surface area contributed by atoms with Gasteiger partial charge in [-0.15, -0.1) is 11.3 Å². The molecule has 3 rings (SSSR count). The number of rotatable bonds is 6. The highest BCUT2D eigenvalue weighted by atomic mass is 32.1. The van der Waals surface area contributed by atoms with Crippen LogP contribution in [0.2, 0.25) is 0 Å². The molecule has 0 aliphatic carbocycles. The number of hydrogen-bond acceptors (Lipinski definition) is 7. The van der Waals surface area contributed by atoms with Crippen molar-refractivity contribution in [3.05, 3.63) is 23.4 Å². The monoisotopic (exact) mass is 322 g/mol. The fraction of sp³-hybridized carbons (Fsp3) is 0.600. The van der Waals surface area contributed by atoms with Gasteiger partial charge in [0.05, 0.1) is 10.9 Å². The molecule has 1 aliphatic heterocycles. The van der Waals surface area contributed by atoms with E-state index in [1.165, 1.54) is 0 Å². The van der Waals surface area contributed by atoms with Crippen LogP contribution in [0.3, 0.4) is 0 Å². The second-order valence-electron chi connectivity index (χ2n) is 5.56. The molecule has 1 aliphatic rings. The van der Waals surface area contributed by atoms with Gasteiger partial charge < -0.3 is 14.5 Å². The topological polar surface area (TPSA) is 65.6 Å². The summed E-state index contributed by atoms with van der Waals surface area (Å²) in [5, 5.41) is 15.0. The van der Waals surface area contributed by atoms with Crippen molar-refractivity contribution in [2.45, 2.75) is 19.4 Å². The maximum Gasteiger partial charge on any atom is 0.244 e. The Hall–Kier alpha value is -1.28. The van der Waals surface area contributed by atoms with Gasteiger partial charge in [-0.05, 0) is 24.8 Å². The fourth-order valence-electron chi connectivity index (χ4n) is 2.74. The van der Waals surface area contributed by atoms with Crippen molar-refractivity contribution in [2.75, 3.05) is 39.3 Å². The molecule has 1 atom stereocenters. The predicted octanol–water partition coefficient (Wildman–Crippen LogP) is 1.86. The van der Waals surface area contributed by atoms with Crippen molar-refractivity contribution >= 4 is 11.3 Å². The molecule has 22 heavy (non-hydrogen) atoms. The van der Waals surface area contributed by atoms with E-state index in [0.29, 0.717) is 11.7 Å². The smallest absolute Gasteiger partial charge is 0.244 e. The van der Waals surface area contributed by atoms with Gasteiger partial charge in [-0.2, -0.15) is 4.98 Å². The average Bonchev–Trinajstić information content (AvgIpc) is 3.23. The molecule has 2 aromatic heterocycles. The highest BCUT2D eigenvalue weighted by molar-refractivity contribution is 7.13. The lowest BCUT2D eigenvalue weighted by Crippen LogP contribution is -2.47. The van der Waals surface area contributed by atoms with E-state index in [1.807, 2.05) is 17.5 Å². The van der Waals surface area contributed by atoms with Gasteiger partial charge in [0.15, 0.2) is 0 Å². The Morgan fingerprint density at radius 3 is 2.86 bits per heavy atom. The summed E-state index contributed by atoms with van der Waals surface area (Å²) in [5.74, 6) is 1.37. The molecule has 6 nitrogen and oxygen atoms in total. The van der Waals surface area contributed by atoms with E-state index in [0.717, 1.165) is 44.0 Å². The summed E-state index contributed by atoms with van der Waals surface area (Å²) in [7, 11) is 0. The Balaban J connectivity index is 1.57. The second kappa shape index (κ2) is 7.32. The van der Waals surface area contributed by atoms with E-state index >= 15 is 0 Å². The standard InChI is InChI=1S/C15H22N4O2S/c1-12(19-8-6-18(7-9-19)5-3-10-20)15-16-14(17-21-15)13-4-2-11-22-13/h2,4,11-12,20H,3,5-10H2,1H3. The highest BCUT2D eigenvalue weighted by Gasteiger charge is 2.25. The first-order valence-corrected chi connectivity index (χ1v) is 8.60. The Bertz CT molecular complexity index is 564. The lowest BCUT2D eigenvalue weighted by Gasteiger charge is -2.36. The molecule has 1 saturated heterocycles. The van der Waals surface area contributed by atoms with Crippen LogP contribution in [0.4, 0.5) is 0 Å². The summed E-state index contributed by atoms with van der Waals surface area (Å²) < 4.78 is 5.45. The highest BCUT2D eigenvalue weighted by Crippen LogP contribution is 2.25. The van der Waals surface area contributed by atoms with Crippen molar-refractivity contribution in [3.63, 3.8) is 0 Å². The summed E-state index contributed by atoms with van der Waals surface area (Å²) in [6.07, 6.45) is 0.851. The van der Waals surface area contributed by atoms with Crippen LogP contribution in [0, 0.1) is 0 Å². The van der Waals surface area contributed by atoms with Gasteiger partial charge in [0.25, 0.3) is 0 Å². The van der Waals surface area contributed by atoms with Crippen molar-refractivity contribution in [3.8, 4) is 10.7 Å². The normalized spacial score (nSPS) is 18.6. The average molecular weight is 322 g/mol. The van der Waals surface area contributed by atoms with Crippen LogP contribution < -0.4 is 0 Å². The molecule has 120 valence electrons. The summed E-state index contributed by atoms with van der Waals surface area (Å²) in [5.41, 5.74) is 0. The number of nitrogens with zero attached hydrogens (tertiary/aromatic N) is 4. The van der Waals surface area contributed by atoms with Crippen molar-refractivity contribution in [1.82, 2.24) is 19.9 Å². The van der Waals surface area contributed by atoms with Gasteiger partial charge in [-0.3, -0.25) is 4.90 Å². The number of piperazine rings is 1. The summed E-state index contributed by atoms with van der Waals surface area (Å²) in [6.45, 7) is 7.39. The third-order valence-electron chi connectivity index (χ3n) is 4.13. The van der Waals surface area contributed by atoms with Crippen LogP contribution in [-0.2, 0) is 0 Å². The largest absolute Gasteiger partial charge is 0.396 e. The number of aliphatic hydroxyl groups is 1. The third-order valence-corrected chi connectivity index (χ3v) is 4.99. The van der Waals surface area contributed by atoms with Crippen LogP contribution in [0.5, 0.6) is 0 Å². The lowest BCUT2D eigenvalue weighted by atomic mass is 10.2. The summed E-state index contributed by atoms with van der Waals surface area (Å²) >= 11 is 1.62. The molecule has 1 N–H and O–H groups in total. The molecule has 7 heteroatoms. The van der Waals surface area contributed by atoms with Gasteiger partial charge in [0, 0.05) is 39.3 Å². The minimum atomic E-state index is 0.140. The number of thiophene rings is 1. The van der Waals surface area contributed by atoms with Crippen molar-refractivity contribution in [1.29, 1.82) is 0 Å². The van der Waals surface area contributed by atoms with Crippen LogP contribution >= 0.6 is 11.3 Å². The fourth-order valence-corrected chi connectivity index (χ4v) is 3.38. The Labute approximate surface area is 134 Å². The molecule has 1 fully saturated rings. The van der Waals surface area contributed by atoms with Gasteiger partial charge in [-0.25, -0.2) is 0 Å². The molecule has 2 aromatic rings. The SMILES string of the molecule is CC(c1nc(-c2cccs2)no1)N1CCN(CCCO)CC1. The van der Waals surface area contributed by atoms with Crippen LogP contribution in [0.1, 0.15) is 25.3 Å². The molecule has 0 amide bonds. The van der Waals surface area contributed by atoms with Crippen LogP contribution in [-0.4, -0.2) is 64.4 Å². The van der Waals surface area contributed by atoms with E-state index < -0.39 is 0 Å². The maximum atomic E-state index is 8.90. The number of aliphatic hydroxyl groups excluding tert-OH is 1. The summed E-state index contributed by atoms with van der Waals surface area (Å²) in [4.78, 5) is 10.3. The second-order valence-corrected chi connectivity index (χ2v) is 6.51. The molecule has 1 unspecified atom stereocenters. The van der Waals surface area contributed by atoms with E-state index in [4.69, 9.17) is 9.63 Å². The molecular formula is C15H22N4O2S. The minimum Gasteiger partial charge on any atom is -0.396 e. The lowest BCUT2D eigenvalue weighted by molar-refractivity contribution is 0.0844. The zero-order valence-electron chi connectivity index (χ0n) is 12.8. The maximum absolute atomic E-state index is 8.90. The molecule has 0 spiro atoms. The van der Waals surface area contributed by atoms with Crippen molar-refractivity contribution < 1.29 is 9.63 Å². The van der Waals surface area contributed by atoms with E-state index in [-0.39, 0.29) is 12.6 Å². The van der Waals surface area contributed by atoms with E-state index in [2.05, 4.69) is 26.9 Å². The van der Waals surface area contributed by atoms with Crippen molar-refractivity contribution in [2.24, 2.45) is 0 Å². The first kappa shape index (κ1) is 15.6. The quantitative estimate of drug-likeness (QED) is 0.876. The first-order valence-electron chi connectivity index (χ1n) is 7.72. The zero-order valence-corrected chi connectivity index (χ0v) is 13.6. The van der Waals surface area contributed by atoms with Gasteiger partial charge >= 0.3 is 0 Å². The van der Waals surface area contributed by atoms with Gasteiger partial charge in [0.1, 0.15) is 0 Å². The van der Waals surface area contributed by atoms with Gasteiger partial charge in [-0.1, -0.05) is 11.2 Å². The molecule has 0 saturated carbocycles. The number of hydrogen-bond donors (Lipinski definition) is 1. The Morgan fingerprint density at radius 2 is 2.18 bits per heavy atom. The molecule has 0 aromatic carbocycles. The zero-order chi connectivity index (χ0) is 15.4. The predicted molar refractivity (Wildman–Crippen MR) is 85.7 cm³/mol. The molecule has 0 radical (unpaired) electrons. The Morgan fingerprint density at radius 1 is 1.36 bits per heavy atom. The molecule has 3 heterocycles. The van der Waals surface area contributed by atoms with E-state index in [9.17, 15) is 0 Å². The van der Waals surface area contributed by atoms with Gasteiger partial charge in [0.2, 0.25) is 11.7 Å². The van der Waals surface area contributed by atoms with E-state index in [1.54, 1.807) is 11.3 Å². The van der Waals surface area contributed by atoms with Crippen LogP contribution in [0.15, 0.2) is 22.0 Å². The third kappa shape index (κ3) is 3.55. The first-order chi connectivity index (χ1) is 10.8. The van der Waals surface area contributed by atoms with Crippen LogP contribution in [0.25, 0.3) is 10.7 Å². The molecular weight excluding hydrogens is 300 g/mol. The minimum absolute atomic E-state index is 0.140.